The van der Waals surface area contributed by atoms with Crippen molar-refractivity contribution in [2.45, 2.75) is 32.5 Å². The first-order valence-electron chi connectivity index (χ1n) is 7.03. The van der Waals surface area contributed by atoms with Gasteiger partial charge in [0.15, 0.2) is 0 Å². The van der Waals surface area contributed by atoms with Crippen LogP contribution in [0, 0.1) is 0 Å². The predicted molar refractivity (Wildman–Crippen MR) is 80.1 cm³/mol. The molecule has 0 fully saturated rings. The van der Waals surface area contributed by atoms with Crippen molar-refractivity contribution in [2.24, 2.45) is 5.73 Å². The lowest BCUT2D eigenvalue weighted by Crippen LogP contribution is -2.19. The van der Waals surface area contributed by atoms with Crippen LogP contribution in [0.1, 0.15) is 47.0 Å². The van der Waals surface area contributed by atoms with Gasteiger partial charge in [0, 0.05) is 18.2 Å². The molecule has 0 saturated heterocycles. The van der Waals surface area contributed by atoms with Crippen molar-refractivity contribution >= 4 is 11.6 Å². The molecular weight excluding hydrogens is 309 g/mol. The van der Waals surface area contributed by atoms with E-state index in [9.17, 15) is 18.0 Å². The monoisotopic (exact) mass is 326 g/mol. The maximum atomic E-state index is 13.1. The third kappa shape index (κ3) is 3.73. The number of amides is 1. The van der Waals surface area contributed by atoms with Gasteiger partial charge in [0.25, 0.3) is 5.91 Å². The molecule has 7 heteroatoms. The van der Waals surface area contributed by atoms with Crippen LogP contribution in [0.5, 0.6) is 0 Å². The van der Waals surface area contributed by atoms with E-state index in [2.05, 4.69) is 5.32 Å². The molecule has 23 heavy (non-hydrogen) atoms. The fourth-order valence-corrected chi connectivity index (χ4v) is 2.21. The van der Waals surface area contributed by atoms with E-state index in [0.29, 0.717) is 12.0 Å². The molecule has 0 bridgehead atoms. The average molecular weight is 326 g/mol. The Morgan fingerprint density at radius 2 is 2.04 bits per heavy atom. The Hall–Kier alpha value is -2.28. The highest BCUT2D eigenvalue weighted by Gasteiger charge is 2.39. The second-order valence-corrected chi connectivity index (χ2v) is 5.40. The first-order valence-corrected chi connectivity index (χ1v) is 7.03. The van der Waals surface area contributed by atoms with E-state index >= 15 is 0 Å². The summed E-state index contributed by atoms with van der Waals surface area (Å²) in [5.74, 6) is -1.21. The van der Waals surface area contributed by atoms with Crippen LogP contribution in [0.3, 0.4) is 0 Å². The van der Waals surface area contributed by atoms with Crippen LogP contribution in [0.25, 0.3) is 0 Å². The first kappa shape index (κ1) is 17.1. The zero-order chi connectivity index (χ0) is 17.2. The van der Waals surface area contributed by atoms with Crippen LogP contribution in [-0.4, -0.2) is 5.91 Å². The highest BCUT2D eigenvalue weighted by molar-refractivity contribution is 6.06. The number of carbonyl (C=O) groups excluding carboxylic acids is 1. The summed E-state index contributed by atoms with van der Waals surface area (Å²) in [5.41, 5.74) is 5.09. The predicted octanol–water partition coefficient (Wildman–Crippen LogP) is 4.13. The minimum Gasteiger partial charge on any atom is -0.468 e. The maximum absolute atomic E-state index is 13.1. The number of nitrogens with one attached hydrogen (secondary N) is 1. The zero-order valence-corrected chi connectivity index (χ0v) is 12.7. The SMILES string of the molecule is CC(C)c1occ(C(F)(F)F)c1C(=O)Nc1cccc(CN)c1. The summed E-state index contributed by atoms with van der Waals surface area (Å²) in [6, 6.07) is 6.62. The molecule has 0 unspecified atom stereocenters. The Labute approximate surface area is 131 Å². The lowest BCUT2D eigenvalue weighted by atomic mass is 10.0. The van der Waals surface area contributed by atoms with Crippen molar-refractivity contribution in [3.63, 3.8) is 0 Å². The Kier molecular flexibility index (Phi) is 4.79. The number of benzene rings is 1. The lowest BCUT2D eigenvalue weighted by molar-refractivity contribution is -0.138. The lowest BCUT2D eigenvalue weighted by Gasteiger charge is -2.11. The normalized spacial score (nSPS) is 11.8. The van der Waals surface area contributed by atoms with Crippen molar-refractivity contribution < 1.29 is 22.4 Å². The number of carbonyl (C=O) groups is 1. The van der Waals surface area contributed by atoms with Crippen molar-refractivity contribution in [2.75, 3.05) is 5.32 Å². The molecule has 0 aliphatic rings. The molecule has 3 N–H and O–H groups in total. The smallest absolute Gasteiger partial charge is 0.420 e. The summed E-state index contributed by atoms with van der Waals surface area (Å²) in [7, 11) is 0. The maximum Gasteiger partial charge on any atom is 0.420 e. The van der Waals surface area contributed by atoms with Gasteiger partial charge in [-0.05, 0) is 17.7 Å². The molecule has 0 radical (unpaired) electrons. The van der Waals surface area contributed by atoms with Crippen LogP contribution in [0.4, 0.5) is 18.9 Å². The topological polar surface area (TPSA) is 68.3 Å². The van der Waals surface area contributed by atoms with Gasteiger partial charge in [0.05, 0.1) is 5.56 Å². The second kappa shape index (κ2) is 6.45. The summed E-state index contributed by atoms with van der Waals surface area (Å²) in [6.07, 6.45) is -4.08. The van der Waals surface area contributed by atoms with E-state index in [4.69, 9.17) is 10.2 Å². The molecule has 2 rings (SSSR count). The fraction of sp³-hybridized carbons (Fsp3) is 0.312. The number of nitrogens with two attached hydrogens (primary N) is 1. The van der Waals surface area contributed by atoms with Gasteiger partial charge in [-0.3, -0.25) is 4.79 Å². The second-order valence-electron chi connectivity index (χ2n) is 5.40. The molecule has 0 spiro atoms. The van der Waals surface area contributed by atoms with Gasteiger partial charge in [0.1, 0.15) is 17.6 Å². The molecule has 124 valence electrons. The summed E-state index contributed by atoms with van der Waals surface area (Å²) in [4.78, 5) is 12.4. The van der Waals surface area contributed by atoms with Crippen LogP contribution in [-0.2, 0) is 12.7 Å². The third-order valence-electron chi connectivity index (χ3n) is 3.30. The Bertz CT molecular complexity index is 706. The fourth-order valence-electron chi connectivity index (χ4n) is 2.21. The third-order valence-corrected chi connectivity index (χ3v) is 3.30. The van der Waals surface area contributed by atoms with Crippen LogP contribution < -0.4 is 11.1 Å². The summed E-state index contributed by atoms with van der Waals surface area (Å²) in [5, 5.41) is 2.47. The Balaban J connectivity index is 2.39. The van der Waals surface area contributed by atoms with E-state index in [0.717, 1.165) is 5.56 Å². The number of anilines is 1. The van der Waals surface area contributed by atoms with Crippen LogP contribution in [0.15, 0.2) is 34.9 Å². The van der Waals surface area contributed by atoms with Crippen LogP contribution in [0.2, 0.25) is 0 Å². The minimum atomic E-state index is -4.66. The molecule has 1 heterocycles. The van der Waals surface area contributed by atoms with Gasteiger partial charge < -0.3 is 15.5 Å². The average Bonchev–Trinajstić information content (AvgIpc) is 2.92. The first-order chi connectivity index (χ1) is 10.7. The largest absolute Gasteiger partial charge is 0.468 e. The minimum absolute atomic E-state index is 0.00445. The highest BCUT2D eigenvalue weighted by Crippen LogP contribution is 2.37. The summed E-state index contributed by atoms with van der Waals surface area (Å²) >= 11 is 0. The Morgan fingerprint density at radius 1 is 1.35 bits per heavy atom. The summed E-state index contributed by atoms with van der Waals surface area (Å²) in [6.45, 7) is 3.58. The molecular formula is C16H17F3N2O2. The van der Waals surface area contributed by atoms with E-state index < -0.39 is 23.2 Å². The summed E-state index contributed by atoms with van der Waals surface area (Å²) < 4.78 is 44.2. The molecule has 1 aromatic heterocycles. The number of hydrogen-bond donors (Lipinski definition) is 2. The molecule has 0 aliphatic carbocycles. The van der Waals surface area contributed by atoms with Crippen molar-refractivity contribution in [3.8, 4) is 0 Å². The van der Waals surface area contributed by atoms with Gasteiger partial charge in [-0.2, -0.15) is 13.2 Å². The molecule has 0 aliphatic heterocycles. The number of hydrogen-bond acceptors (Lipinski definition) is 3. The Morgan fingerprint density at radius 3 is 2.61 bits per heavy atom. The van der Waals surface area contributed by atoms with E-state index in [-0.39, 0.29) is 18.2 Å². The van der Waals surface area contributed by atoms with Crippen LogP contribution >= 0.6 is 0 Å². The van der Waals surface area contributed by atoms with E-state index in [1.807, 2.05) is 0 Å². The number of furan rings is 1. The van der Waals surface area contributed by atoms with Crippen molar-refractivity contribution in [3.05, 3.63) is 53.0 Å². The van der Waals surface area contributed by atoms with E-state index in [1.165, 1.54) is 0 Å². The van der Waals surface area contributed by atoms with Crippen molar-refractivity contribution in [1.82, 2.24) is 0 Å². The van der Waals surface area contributed by atoms with Gasteiger partial charge in [-0.25, -0.2) is 0 Å². The number of rotatable bonds is 4. The molecule has 0 saturated carbocycles. The van der Waals surface area contributed by atoms with Gasteiger partial charge in [0.2, 0.25) is 0 Å². The molecule has 1 amide bonds. The van der Waals surface area contributed by atoms with Gasteiger partial charge >= 0.3 is 6.18 Å². The van der Waals surface area contributed by atoms with Gasteiger partial charge in [-0.1, -0.05) is 26.0 Å². The van der Waals surface area contributed by atoms with Crippen molar-refractivity contribution in [1.29, 1.82) is 0 Å². The van der Waals surface area contributed by atoms with Gasteiger partial charge in [-0.15, -0.1) is 0 Å². The number of alkyl halides is 3. The number of halogens is 3. The zero-order valence-electron chi connectivity index (χ0n) is 12.7. The highest BCUT2D eigenvalue weighted by atomic mass is 19.4. The molecule has 4 nitrogen and oxygen atoms in total. The molecule has 2 aromatic rings. The molecule has 0 atom stereocenters. The van der Waals surface area contributed by atoms with E-state index in [1.54, 1.807) is 38.1 Å². The standard InChI is InChI=1S/C16H17F3N2O2/c1-9(2)14-13(12(8-23-14)16(17,18)19)15(22)21-11-5-3-4-10(6-11)7-20/h3-6,8-9H,7,20H2,1-2H3,(H,21,22). The molecule has 1 aromatic carbocycles. The quantitative estimate of drug-likeness (QED) is 0.887.